The predicted molar refractivity (Wildman–Crippen MR) is 63.5 cm³/mol. The molecule has 0 unspecified atom stereocenters. The zero-order valence-corrected chi connectivity index (χ0v) is 9.20. The standard InChI is InChI=1S/C12H10N2O4/c15-10-3-9(4-11(16)5-10)12(17)14-13-6-8-1-2-18-7-8/h1-7,15-16H,(H,14,17)/b13-6-. The van der Waals surface area contributed by atoms with Crippen LogP contribution in [0, 0.1) is 0 Å². The van der Waals surface area contributed by atoms with E-state index in [1.54, 1.807) is 6.07 Å². The Labute approximate surface area is 102 Å². The number of furan rings is 1. The fraction of sp³-hybridized carbons (Fsp3) is 0. The summed E-state index contributed by atoms with van der Waals surface area (Å²) in [5.41, 5.74) is 3.07. The molecule has 0 spiro atoms. The number of amides is 1. The van der Waals surface area contributed by atoms with Gasteiger partial charge in [-0.15, -0.1) is 0 Å². The van der Waals surface area contributed by atoms with Crippen LogP contribution in [0.1, 0.15) is 15.9 Å². The Morgan fingerprint density at radius 3 is 2.61 bits per heavy atom. The molecule has 0 saturated carbocycles. The van der Waals surface area contributed by atoms with Crippen LogP contribution in [0.15, 0.2) is 46.3 Å². The molecule has 0 radical (unpaired) electrons. The van der Waals surface area contributed by atoms with Crippen molar-refractivity contribution in [3.8, 4) is 11.5 Å². The summed E-state index contributed by atoms with van der Waals surface area (Å²) in [5.74, 6) is -0.932. The second kappa shape index (κ2) is 5.05. The zero-order valence-electron chi connectivity index (χ0n) is 9.20. The fourth-order valence-corrected chi connectivity index (χ4v) is 1.30. The lowest BCUT2D eigenvalue weighted by molar-refractivity contribution is 0.0954. The van der Waals surface area contributed by atoms with Gasteiger partial charge in [0.1, 0.15) is 11.5 Å². The summed E-state index contributed by atoms with van der Waals surface area (Å²) in [7, 11) is 0. The van der Waals surface area contributed by atoms with Crippen LogP contribution in [-0.4, -0.2) is 22.3 Å². The van der Waals surface area contributed by atoms with Crippen molar-refractivity contribution in [2.45, 2.75) is 0 Å². The van der Waals surface area contributed by atoms with E-state index in [9.17, 15) is 15.0 Å². The summed E-state index contributed by atoms with van der Waals surface area (Å²) in [6, 6.07) is 5.26. The number of carbonyl (C=O) groups excluding carboxylic acids is 1. The van der Waals surface area contributed by atoms with Gasteiger partial charge < -0.3 is 14.6 Å². The first-order valence-corrected chi connectivity index (χ1v) is 5.04. The van der Waals surface area contributed by atoms with E-state index in [0.717, 1.165) is 6.07 Å². The summed E-state index contributed by atoms with van der Waals surface area (Å²) >= 11 is 0. The van der Waals surface area contributed by atoms with Crippen molar-refractivity contribution in [2.75, 3.05) is 0 Å². The van der Waals surface area contributed by atoms with E-state index in [1.165, 1.54) is 30.9 Å². The van der Waals surface area contributed by atoms with E-state index in [0.29, 0.717) is 5.56 Å². The van der Waals surface area contributed by atoms with Crippen molar-refractivity contribution in [3.63, 3.8) is 0 Å². The van der Waals surface area contributed by atoms with Crippen LogP contribution in [0.25, 0.3) is 0 Å². The van der Waals surface area contributed by atoms with E-state index in [2.05, 4.69) is 10.5 Å². The number of hydrazone groups is 1. The van der Waals surface area contributed by atoms with Gasteiger partial charge >= 0.3 is 0 Å². The molecule has 92 valence electrons. The highest BCUT2D eigenvalue weighted by atomic mass is 16.3. The smallest absolute Gasteiger partial charge is 0.271 e. The van der Waals surface area contributed by atoms with Crippen molar-refractivity contribution >= 4 is 12.1 Å². The molecule has 0 aliphatic carbocycles. The number of hydrogen-bond acceptors (Lipinski definition) is 5. The van der Waals surface area contributed by atoms with Crippen LogP contribution < -0.4 is 5.43 Å². The molecule has 3 N–H and O–H groups in total. The number of phenolic OH excluding ortho intramolecular Hbond substituents is 2. The molecule has 0 saturated heterocycles. The summed E-state index contributed by atoms with van der Waals surface area (Å²) < 4.78 is 4.82. The van der Waals surface area contributed by atoms with Crippen LogP contribution in [-0.2, 0) is 0 Å². The lowest BCUT2D eigenvalue weighted by Crippen LogP contribution is -2.17. The number of aromatic hydroxyl groups is 2. The molecule has 0 aliphatic rings. The predicted octanol–water partition coefficient (Wildman–Crippen LogP) is 1.45. The average Bonchev–Trinajstić information content (AvgIpc) is 2.80. The minimum atomic E-state index is -0.541. The quantitative estimate of drug-likeness (QED) is 0.564. The number of carbonyl (C=O) groups is 1. The maximum atomic E-state index is 11.6. The molecule has 0 aliphatic heterocycles. The Bertz CT molecular complexity index is 556. The molecule has 2 aromatic rings. The first kappa shape index (κ1) is 11.7. The van der Waals surface area contributed by atoms with Gasteiger partial charge in [-0.05, 0) is 18.2 Å². The molecule has 1 heterocycles. The van der Waals surface area contributed by atoms with Gasteiger partial charge in [0.15, 0.2) is 0 Å². The van der Waals surface area contributed by atoms with Crippen LogP contribution in [0.4, 0.5) is 0 Å². The highest BCUT2D eigenvalue weighted by Crippen LogP contribution is 2.20. The maximum absolute atomic E-state index is 11.6. The van der Waals surface area contributed by atoms with E-state index >= 15 is 0 Å². The third-order valence-electron chi connectivity index (χ3n) is 2.09. The molecule has 0 bridgehead atoms. The maximum Gasteiger partial charge on any atom is 0.271 e. The molecular weight excluding hydrogens is 236 g/mol. The van der Waals surface area contributed by atoms with Gasteiger partial charge in [-0.2, -0.15) is 5.10 Å². The summed E-state index contributed by atoms with van der Waals surface area (Å²) in [6.45, 7) is 0. The third kappa shape index (κ3) is 2.88. The molecule has 0 atom stereocenters. The molecule has 0 fully saturated rings. The van der Waals surface area contributed by atoms with Crippen LogP contribution in [0.5, 0.6) is 11.5 Å². The molecule has 1 aromatic heterocycles. The second-order valence-corrected chi connectivity index (χ2v) is 3.49. The lowest BCUT2D eigenvalue weighted by atomic mass is 10.2. The molecular formula is C12H10N2O4. The van der Waals surface area contributed by atoms with Crippen LogP contribution in [0.2, 0.25) is 0 Å². The van der Waals surface area contributed by atoms with Gasteiger partial charge in [0.2, 0.25) is 0 Å². The number of hydrogen-bond donors (Lipinski definition) is 3. The minimum absolute atomic E-state index is 0.108. The topological polar surface area (TPSA) is 95.1 Å². The highest BCUT2D eigenvalue weighted by molar-refractivity contribution is 5.95. The Morgan fingerprint density at radius 1 is 1.28 bits per heavy atom. The Morgan fingerprint density at radius 2 is 2.00 bits per heavy atom. The number of benzene rings is 1. The van der Waals surface area contributed by atoms with E-state index in [1.807, 2.05) is 0 Å². The van der Waals surface area contributed by atoms with E-state index < -0.39 is 5.91 Å². The number of rotatable bonds is 3. The zero-order chi connectivity index (χ0) is 13.0. The molecule has 1 aromatic carbocycles. The Balaban J connectivity index is 2.03. The average molecular weight is 246 g/mol. The van der Waals surface area contributed by atoms with Crippen LogP contribution >= 0.6 is 0 Å². The molecule has 1 amide bonds. The molecule has 6 nitrogen and oxygen atoms in total. The van der Waals surface area contributed by atoms with Gasteiger partial charge in [-0.3, -0.25) is 4.79 Å². The van der Waals surface area contributed by atoms with Crippen molar-refractivity contribution in [2.24, 2.45) is 5.10 Å². The first-order chi connectivity index (χ1) is 8.65. The molecule has 18 heavy (non-hydrogen) atoms. The number of nitrogens with one attached hydrogen (secondary N) is 1. The SMILES string of the molecule is O=C(N/N=C\c1ccoc1)c1cc(O)cc(O)c1. The normalized spacial score (nSPS) is 10.7. The fourth-order valence-electron chi connectivity index (χ4n) is 1.30. The van der Waals surface area contributed by atoms with E-state index in [-0.39, 0.29) is 17.1 Å². The van der Waals surface area contributed by atoms with Gasteiger partial charge in [0.05, 0.1) is 18.7 Å². The number of nitrogens with zero attached hydrogens (tertiary/aromatic N) is 1. The second-order valence-electron chi connectivity index (χ2n) is 3.49. The van der Waals surface area contributed by atoms with E-state index in [4.69, 9.17) is 4.42 Å². The highest BCUT2D eigenvalue weighted by Gasteiger charge is 2.07. The van der Waals surface area contributed by atoms with Crippen molar-refractivity contribution in [1.82, 2.24) is 5.43 Å². The van der Waals surface area contributed by atoms with Crippen molar-refractivity contribution < 1.29 is 19.4 Å². The minimum Gasteiger partial charge on any atom is -0.508 e. The van der Waals surface area contributed by atoms with Gasteiger partial charge in [0, 0.05) is 17.2 Å². The summed E-state index contributed by atoms with van der Waals surface area (Å²) in [4.78, 5) is 11.6. The van der Waals surface area contributed by atoms with Gasteiger partial charge in [-0.1, -0.05) is 0 Å². The third-order valence-corrected chi connectivity index (χ3v) is 2.09. The summed E-state index contributed by atoms with van der Waals surface area (Å²) in [6.07, 6.45) is 4.36. The van der Waals surface area contributed by atoms with Gasteiger partial charge in [-0.25, -0.2) is 5.43 Å². The summed E-state index contributed by atoms with van der Waals surface area (Å²) in [5, 5.41) is 22.2. The Hall–Kier alpha value is -2.76. The Kier molecular flexibility index (Phi) is 3.29. The van der Waals surface area contributed by atoms with Gasteiger partial charge in [0.25, 0.3) is 5.91 Å². The monoisotopic (exact) mass is 246 g/mol. The van der Waals surface area contributed by atoms with Crippen molar-refractivity contribution in [1.29, 1.82) is 0 Å². The van der Waals surface area contributed by atoms with Crippen LogP contribution in [0.3, 0.4) is 0 Å². The first-order valence-electron chi connectivity index (χ1n) is 5.04. The largest absolute Gasteiger partial charge is 0.508 e. The number of phenols is 2. The molecule has 2 rings (SSSR count). The van der Waals surface area contributed by atoms with Crippen molar-refractivity contribution in [3.05, 3.63) is 47.9 Å². The molecule has 6 heteroatoms. The lowest BCUT2D eigenvalue weighted by Gasteiger charge is -2.01.